The van der Waals surface area contributed by atoms with Gasteiger partial charge >= 0.3 is 11.9 Å². The first-order chi connectivity index (χ1) is 24.4. The zero-order valence-corrected chi connectivity index (χ0v) is 28.8. The lowest BCUT2D eigenvalue weighted by molar-refractivity contribution is 0.0681. The van der Waals surface area contributed by atoms with Gasteiger partial charge in [0.15, 0.2) is 0 Å². The molecule has 0 saturated carbocycles. The van der Waals surface area contributed by atoms with Gasteiger partial charge in [0.1, 0.15) is 0 Å². The number of carboxylic acid groups (broad SMARTS) is 2. The molecular formula is C44H44N2O4. The van der Waals surface area contributed by atoms with Gasteiger partial charge in [-0.3, -0.25) is 9.97 Å². The van der Waals surface area contributed by atoms with Crippen LogP contribution in [0.4, 0.5) is 0 Å². The fourth-order valence-electron chi connectivity index (χ4n) is 4.58. The largest absolute Gasteiger partial charge is 0.478 e. The molecule has 2 heterocycles. The summed E-state index contributed by atoms with van der Waals surface area (Å²) in [6.07, 6.45) is 17.1. The summed E-state index contributed by atoms with van der Waals surface area (Å²) in [6.45, 7) is 4.47. The van der Waals surface area contributed by atoms with Crippen LogP contribution in [0.15, 0.2) is 122 Å². The number of aromatic nitrogens is 2. The Bertz CT molecular complexity index is 1710. The van der Waals surface area contributed by atoms with Crippen molar-refractivity contribution in [3.05, 3.63) is 166 Å². The fourth-order valence-corrected chi connectivity index (χ4v) is 4.58. The van der Waals surface area contributed by atoms with Gasteiger partial charge in [0.05, 0.1) is 11.1 Å². The highest BCUT2D eigenvalue weighted by molar-refractivity contribution is 5.91. The van der Waals surface area contributed by atoms with Gasteiger partial charge in [0.25, 0.3) is 0 Å². The molecule has 0 atom stereocenters. The van der Waals surface area contributed by atoms with E-state index in [9.17, 15) is 9.59 Å². The Morgan fingerprint density at radius 2 is 0.760 bits per heavy atom. The summed E-state index contributed by atoms with van der Waals surface area (Å²) in [5, 5.41) is 16.9. The number of hydrogen-bond acceptors (Lipinski definition) is 4. The average Bonchev–Trinajstić information content (AvgIpc) is 3.16. The van der Waals surface area contributed by atoms with Gasteiger partial charge < -0.3 is 10.2 Å². The minimum atomic E-state index is -1.06. The van der Waals surface area contributed by atoms with Crippen LogP contribution in [0, 0.1) is 23.7 Å². The lowest BCUT2D eigenvalue weighted by Gasteiger charge is -2.00. The first-order valence-electron chi connectivity index (χ1n) is 17.0. The maximum Gasteiger partial charge on any atom is 0.335 e. The van der Waals surface area contributed by atoms with Crippen molar-refractivity contribution in [2.75, 3.05) is 0 Å². The molecule has 0 radical (unpaired) electrons. The monoisotopic (exact) mass is 664 g/mol. The van der Waals surface area contributed by atoms with E-state index in [2.05, 4.69) is 96.0 Å². The highest BCUT2D eigenvalue weighted by Crippen LogP contribution is 2.10. The number of hydrogen-bond donors (Lipinski definition) is 2. The molecular weight excluding hydrogens is 620 g/mol. The number of carboxylic acids is 2. The van der Waals surface area contributed by atoms with Gasteiger partial charge in [0, 0.05) is 47.0 Å². The minimum Gasteiger partial charge on any atom is -0.478 e. The van der Waals surface area contributed by atoms with Crippen molar-refractivity contribution in [1.29, 1.82) is 0 Å². The third-order valence-corrected chi connectivity index (χ3v) is 7.49. The summed E-state index contributed by atoms with van der Waals surface area (Å²) >= 11 is 0. The van der Waals surface area contributed by atoms with Gasteiger partial charge in [-0.2, -0.15) is 0 Å². The molecule has 0 unspecified atom stereocenters. The van der Waals surface area contributed by atoms with E-state index < -0.39 is 11.9 Å². The van der Waals surface area contributed by atoms with Crippen LogP contribution in [0.5, 0.6) is 0 Å². The van der Waals surface area contributed by atoms with Crippen molar-refractivity contribution in [2.24, 2.45) is 0 Å². The van der Waals surface area contributed by atoms with Gasteiger partial charge in [0.2, 0.25) is 0 Å². The molecule has 254 valence electrons. The first kappa shape index (κ1) is 38.5. The molecule has 5 aromatic rings. The van der Waals surface area contributed by atoms with E-state index in [-0.39, 0.29) is 11.1 Å². The number of rotatable bonds is 10. The molecule has 0 fully saturated rings. The molecule has 6 nitrogen and oxygen atoms in total. The topological polar surface area (TPSA) is 100 Å². The molecule has 5 rings (SSSR count). The van der Waals surface area contributed by atoms with Crippen LogP contribution in [0.1, 0.15) is 106 Å². The van der Waals surface area contributed by atoms with Gasteiger partial charge in [-0.25, -0.2) is 9.59 Å². The van der Waals surface area contributed by atoms with Crippen LogP contribution in [0.3, 0.4) is 0 Å². The molecule has 0 saturated heterocycles. The Hall–Kier alpha value is -5.98. The summed E-state index contributed by atoms with van der Waals surface area (Å²) in [4.78, 5) is 28.6. The minimum absolute atomic E-state index is 0.0833. The van der Waals surface area contributed by atoms with E-state index in [1.807, 2.05) is 24.3 Å². The normalized spacial score (nSPS) is 9.64. The molecule has 0 amide bonds. The van der Waals surface area contributed by atoms with Gasteiger partial charge in [-0.1, -0.05) is 87.5 Å². The molecule has 2 aromatic heterocycles. The van der Waals surface area contributed by atoms with Crippen LogP contribution < -0.4 is 0 Å². The Labute approximate surface area is 296 Å². The predicted molar refractivity (Wildman–Crippen MR) is 200 cm³/mol. The third kappa shape index (κ3) is 15.3. The highest BCUT2D eigenvalue weighted by atomic mass is 16.4. The summed E-state index contributed by atoms with van der Waals surface area (Å²) in [7, 11) is 0. The van der Waals surface area contributed by atoms with Crippen molar-refractivity contribution >= 4 is 11.9 Å². The molecule has 0 aliphatic carbocycles. The van der Waals surface area contributed by atoms with Gasteiger partial charge in [-0.05, 0) is 110 Å². The van der Waals surface area contributed by atoms with Crippen molar-refractivity contribution in [1.82, 2.24) is 9.97 Å². The SMILES string of the molecule is CCCCCc1ccc(C#Cc2ccncc2)cc1.CCCCCc1ccc(C#Cc2ccncc2)cc1.O=C(O)c1ccc(C(=O)O)cc1. The fraction of sp³-hybridized carbons (Fsp3) is 0.227. The number of unbranched alkanes of at least 4 members (excludes halogenated alkanes) is 4. The number of nitrogens with zero attached hydrogens (tertiary/aromatic N) is 2. The van der Waals surface area contributed by atoms with Crippen molar-refractivity contribution in [3.63, 3.8) is 0 Å². The van der Waals surface area contributed by atoms with Crippen LogP contribution in [0.2, 0.25) is 0 Å². The van der Waals surface area contributed by atoms with Crippen molar-refractivity contribution < 1.29 is 19.8 Å². The molecule has 0 bridgehead atoms. The smallest absolute Gasteiger partial charge is 0.335 e. The Kier molecular flexibility index (Phi) is 17.4. The van der Waals surface area contributed by atoms with Crippen molar-refractivity contribution in [2.45, 2.75) is 65.2 Å². The zero-order chi connectivity index (χ0) is 35.8. The molecule has 0 spiro atoms. The average molecular weight is 665 g/mol. The van der Waals surface area contributed by atoms with E-state index in [4.69, 9.17) is 10.2 Å². The number of aromatic carboxylic acids is 2. The number of pyridine rings is 2. The van der Waals surface area contributed by atoms with Crippen LogP contribution >= 0.6 is 0 Å². The lowest BCUT2D eigenvalue weighted by atomic mass is 10.1. The predicted octanol–water partition coefficient (Wildman–Crippen LogP) is 9.51. The summed E-state index contributed by atoms with van der Waals surface area (Å²) < 4.78 is 0. The second-order valence-corrected chi connectivity index (χ2v) is 11.5. The maximum atomic E-state index is 10.3. The van der Waals surface area contributed by atoms with Crippen LogP contribution in [0.25, 0.3) is 0 Å². The number of aryl methyl sites for hydroxylation is 2. The highest BCUT2D eigenvalue weighted by Gasteiger charge is 2.05. The molecule has 2 N–H and O–H groups in total. The molecule has 3 aromatic carbocycles. The summed E-state index contributed by atoms with van der Waals surface area (Å²) in [6, 6.07) is 29.9. The second-order valence-electron chi connectivity index (χ2n) is 11.5. The summed E-state index contributed by atoms with van der Waals surface area (Å²) in [5.41, 5.74) is 7.11. The molecule has 6 heteroatoms. The summed E-state index contributed by atoms with van der Waals surface area (Å²) in [5.74, 6) is 10.5. The van der Waals surface area contributed by atoms with E-state index >= 15 is 0 Å². The Morgan fingerprint density at radius 3 is 1.04 bits per heavy atom. The Morgan fingerprint density at radius 1 is 0.460 bits per heavy atom. The molecule has 0 aliphatic rings. The van der Waals surface area contributed by atoms with E-state index in [0.29, 0.717) is 0 Å². The van der Waals surface area contributed by atoms with Crippen LogP contribution in [-0.4, -0.2) is 32.1 Å². The zero-order valence-electron chi connectivity index (χ0n) is 28.8. The van der Waals surface area contributed by atoms with Crippen molar-refractivity contribution in [3.8, 4) is 23.7 Å². The second kappa shape index (κ2) is 22.6. The molecule has 50 heavy (non-hydrogen) atoms. The van der Waals surface area contributed by atoms with E-state index in [0.717, 1.165) is 22.3 Å². The standard InChI is InChI=1S/2C18H19N.C8H6O4/c2*1-2-3-4-5-16-6-8-17(9-7-16)10-11-18-12-14-19-15-13-18;9-7(10)5-1-2-6(4-3-5)8(11)12/h2*6-9,12-15H,2-5H2,1H3;1-4H,(H,9,10)(H,11,12). The quantitative estimate of drug-likeness (QED) is 0.114. The maximum absolute atomic E-state index is 10.3. The lowest BCUT2D eigenvalue weighted by Crippen LogP contribution is -1.99. The van der Waals surface area contributed by atoms with Crippen LogP contribution in [-0.2, 0) is 12.8 Å². The Balaban J connectivity index is 0.000000209. The number of carbonyl (C=O) groups is 2. The van der Waals surface area contributed by atoms with E-state index in [1.54, 1.807) is 24.8 Å². The molecule has 0 aliphatic heterocycles. The number of benzene rings is 3. The first-order valence-corrected chi connectivity index (χ1v) is 17.0. The third-order valence-electron chi connectivity index (χ3n) is 7.49. The van der Waals surface area contributed by atoms with E-state index in [1.165, 1.54) is 86.8 Å². The van der Waals surface area contributed by atoms with Gasteiger partial charge in [-0.15, -0.1) is 0 Å².